The summed E-state index contributed by atoms with van der Waals surface area (Å²) < 4.78 is 5.48. The zero-order valence-corrected chi connectivity index (χ0v) is 14.5. The normalized spacial score (nSPS) is 17.6. The first kappa shape index (κ1) is 16.5. The van der Waals surface area contributed by atoms with Gasteiger partial charge in [-0.15, -0.1) is 0 Å². The summed E-state index contributed by atoms with van der Waals surface area (Å²) in [7, 11) is 0. The number of anilines is 2. The van der Waals surface area contributed by atoms with Gasteiger partial charge in [0.2, 0.25) is 0 Å². The molecule has 1 aliphatic rings. The zero-order valence-electron chi connectivity index (χ0n) is 14.5. The van der Waals surface area contributed by atoms with Crippen LogP contribution in [0.25, 0.3) is 0 Å². The molecule has 1 aliphatic heterocycles. The lowest BCUT2D eigenvalue weighted by Gasteiger charge is -2.35. The van der Waals surface area contributed by atoms with E-state index >= 15 is 0 Å². The van der Waals surface area contributed by atoms with Crippen LogP contribution in [0.2, 0.25) is 0 Å². The highest BCUT2D eigenvalue weighted by atomic mass is 16.5. The van der Waals surface area contributed by atoms with E-state index in [-0.39, 0.29) is 5.91 Å². The Morgan fingerprint density at radius 1 is 1.12 bits per heavy atom. The Morgan fingerprint density at radius 3 is 2.54 bits per heavy atom. The van der Waals surface area contributed by atoms with Gasteiger partial charge in [-0.3, -0.25) is 4.79 Å². The molecule has 4 heteroatoms. The van der Waals surface area contributed by atoms with Crippen molar-refractivity contribution >= 4 is 17.3 Å². The number of nitrogens with zero attached hydrogens (tertiary/aromatic N) is 1. The minimum atomic E-state index is -0.0782. The largest absolute Gasteiger partial charge is 0.377 e. The van der Waals surface area contributed by atoms with Gasteiger partial charge < -0.3 is 15.0 Å². The summed E-state index contributed by atoms with van der Waals surface area (Å²) in [5.74, 6) is -0.0782. The fraction of sp³-hybridized carbons (Fsp3) is 0.350. The fourth-order valence-electron chi connectivity index (χ4n) is 2.93. The summed E-state index contributed by atoms with van der Waals surface area (Å²) in [6.45, 7) is 8.64. The van der Waals surface area contributed by atoms with E-state index in [2.05, 4.69) is 29.3 Å². The van der Waals surface area contributed by atoms with Crippen LogP contribution in [0.3, 0.4) is 0 Å². The van der Waals surface area contributed by atoms with Crippen molar-refractivity contribution in [3.63, 3.8) is 0 Å². The van der Waals surface area contributed by atoms with E-state index in [9.17, 15) is 4.79 Å². The number of benzene rings is 2. The van der Waals surface area contributed by atoms with E-state index in [1.807, 2.05) is 44.2 Å². The van der Waals surface area contributed by atoms with Gasteiger partial charge in [0, 0.05) is 29.5 Å². The molecule has 0 aromatic heterocycles. The number of ether oxygens (including phenoxy) is 1. The first-order chi connectivity index (χ1) is 11.5. The molecule has 1 atom stereocenters. The SMILES string of the molecule is Cc1ccc(C(=O)Nc2ccc(N3CCOCC3C)cc2)cc1C. The molecular weight excluding hydrogens is 300 g/mol. The highest BCUT2D eigenvalue weighted by molar-refractivity contribution is 6.04. The molecule has 2 aromatic carbocycles. The van der Waals surface area contributed by atoms with Crippen molar-refractivity contribution in [2.45, 2.75) is 26.8 Å². The molecule has 1 unspecified atom stereocenters. The van der Waals surface area contributed by atoms with Crippen LogP contribution in [-0.4, -0.2) is 31.7 Å². The molecule has 1 saturated heterocycles. The third kappa shape index (κ3) is 3.60. The number of hydrogen-bond acceptors (Lipinski definition) is 3. The van der Waals surface area contributed by atoms with Crippen LogP contribution in [0.4, 0.5) is 11.4 Å². The summed E-state index contributed by atoms with van der Waals surface area (Å²) in [6, 6.07) is 14.2. The van der Waals surface area contributed by atoms with Crippen LogP contribution >= 0.6 is 0 Å². The second kappa shape index (κ2) is 7.05. The highest BCUT2D eigenvalue weighted by Gasteiger charge is 2.18. The molecular formula is C20H24N2O2. The van der Waals surface area contributed by atoms with Gasteiger partial charge in [-0.05, 0) is 68.3 Å². The number of rotatable bonds is 3. The van der Waals surface area contributed by atoms with E-state index in [4.69, 9.17) is 4.74 Å². The molecule has 1 amide bonds. The average molecular weight is 324 g/mol. The molecule has 4 nitrogen and oxygen atoms in total. The maximum absolute atomic E-state index is 12.4. The van der Waals surface area contributed by atoms with Gasteiger partial charge in [0.15, 0.2) is 0 Å². The van der Waals surface area contributed by atoms with E-state index in [1.54, 1.807) is 0 Å². The molecule has 0 saturated carbocycles. The maximum Gasteiger partial charge on any atom is 0.255 e. The summed E-state index contributed by atoms with van der Waals surface area (Å²) in [5, 5.41) is 2.96. The second-order valence-corrected chi connectivity index (χ2v) is 6.42. The molecule has 126 valence electrons. The van der Waals surface area contributed by atoms with Gasteiger partial charge >= 0.3 is 0 Å². The van der Waals surface area contributed by atoms with Crippen LogP contribution in [0.5, 0.6) is 0 Å². The third-order valence-corrected chi connectivity index (χ3v) is 4.59. The smallest absolute Gasteiger partial charge is 0.255 e. The van der Waals surface area contributed by atoms with Crippen LogP contribution in [-0.2, 0) is 4.74 Å². The Kier molecular flexibility index (Phi) is 4.86. The Labute approximate surface area is 143 Å². The Morgan fingerprint density at radius 2 is 1.88 bits per heavy atom. The molecule has 1 N–H and O–H groups in total. The lowest BCUT2D eigenvalue weighted by atomic mass is 10.1. The zero-order chi connectivity index (χ0) is 17.1. The van der Waals surface area contributed by atoms with Gasteiger partial charge in [-0.1, -0.05) is 6.07 Å². The first-order valence-corrected chi connectivity index (χ1v) is 8.37. The minimum Gasteiger partial charge on any atom is -0.377 e. The summed E-state index contributed by atoms with van der Waals surface area (Å²) in [4.78, 5) is 14.7. The third-order valence-electron chi connectivity index (χ3n) is 4.59. The van der Waals surface area contributed by atoms with Crippen molar-refractivity contribution in [1.29, 1.82) is 0 Å². The molecule has 24 heavy (non-hydrogen) atoms. The average Bonchev–Trinajstić information content (AvgIpc) is 2.58. The van der Waals surface area contributed by atoms with Gasteiger partial charge in [-0.2, -0.15) is 0 Å². The number of amides is 1. The van der Waals surface area contributed by atoms with Crippen LogP contribution in [0, 0.1) is 13.8 Å². The lowest BCUT2D eigenvalue weighted by molar-refractivity contribution is 0.0989. The van der Waals surface area contributed by atoms with Crippen molar-refractivity contribution < 1.29 is 9.53 Å². The van der Waals surface area contributed by atoms with Crippen molar-refractivity contribution in [2.75, 3.05) is 30.0 Å². The molecule has 2 aromatic rings. The second-order valence-electron chi connectivity index (χ2n) is 6.42. The van der Waals surface area contributed by atoms with Crippen LogP contribution in [0.15, 0.2) is 42.5 Å². The number of carbonyl (C=O) groups is 1. The fourth-order valence-corrected chi connectivity index (χ4v) is 2.93. The predicted octanol–water partition coefficient (Wildman–Crippen LogP) is 3.78. The molecule has 3 rings (SSSR count). The van der Waals surface area contributed by atoms with Crippen LogP contribution in [0.1, 0.15) is 28.4 Å². The Hall–Kier alpha value is -2.33. The van der Waals surface area contributed by atoms with Gasteiger partial charge in [0.1, 0.15) is 0 Å². The molecule has 0 bridgehead atoms. The number of carbonyl (C=O) groups excluding carboxylic acids is 1. The minimum absolute atomic E-state index is 0.0782. The highest BCUT2D eigenvalue weighted by Crippen LogP contribution is 2.22. The molecule has 0 spiro atoms. The van der Waals surface area contributed by atoms with Crippen LogP contribution < -0.4 is 10.2 Å². The molecule has 0 radical (unpaired) electrons. The van der Waals surface area contributed by atoms with Gasteiger partial charge in [0.25, 0.3) is 5.91 Å². The maximum atomic E-state index is 12.4. The summed E-state index contributed by atoms with van der Waals surface area (Å²) in [5.41, 5.74) is 4.97. The number of aryl methyl sites for hydroxylation is 2. The Bertz CT molecular complexity index is 725. The first-order valence-electron chi connectivity index (χ1n) is 8.37. The van der Waals surface area contributed by atoms with Crippen molar-refractivity contribution in [3.05, 3.63) is 59.2 Å². The number of morpholine rings is 1. The lowest BCUT2D eigenvalue weighted by Crippen LogP contribution is -2.43. The molecule has 0 aliphatic carbocycles. The van der Waals surface area contributed by atoms with E-state index in [1.165, 1.54) is 5.56 Å². The topological polar surface area (TPSA) is 41.6 Å². The molecule has 1 fully saturated rings. The predicted molar refractivity (Wildman–Crippen MR) is 97.9 cm³/mol. The summed E-state index contributed by atoms with van der Waals surface area (Å²) >= 11 is 0. The van der Waals surface area contributed by atoms with Crippen molar-refractivity contribution in [3.8, 4) is 0 Å². The monoisotopic (exact) mass is 324 g/mol. The standard InChI is InChI=1S/C20H24N2O2/c1-14-4-5-17(12-15(14)2)20(23)21-18-6-8-19(9-7-18)22-10-11-24-13-16(22)3/h4-9,12,16H,10-11,13H2,1-3H3,(H,21,23). The van der Waals surface area contributed by atoms with Crippen molar-refractivity contribution in [1.82, 2.24) is 0 Å². The number of hydrogen-bond donors (Lipinski definition) is 1. The van der Waals surface area contributed by atoms with E-state index in [0.29, 0.717) is 11.6 Å². The van der Waals surface area contributed by atoms with E-state index < -0.39 is 0 Å². The quantitative estimate of drug-likeness (QED) is 0.934. The molecule has 1 heterocycles. The van der Waals surface area contributed by atoms with Gasteiger partial charge in [-0.25, -0.2) is 0 Å². The summed E-state index contributed by atoms with van der Waals surface area (Å²) in [6.07, 6.45) is 0. The van der Waals surface area contributed by atoms with Gasteiger partial charge in [0.05, 0.1) is 13.2 Å². The number of nitrogens with one attached hydrogen (secondary N) is 1. The van der Waals surface area contributed by atoms with E-state index in [0.717, 1.165) is 36.7 Å². The Balaban J connectivity index is 1.69. The van der Waals surface area contributed by atoms with Crippen molar-refractivity contribution in [2.24, 2.45) is 0 Å².